The Labute approximate surface area is 202 Å². The average Bonchev–Trinajstić information content (AvgIpc) is 2.82. The Balaban J connectivity index is 2.45. The molecule has 0 spiro atoms. The summed E-state index contributed by atoms with van der Waals surface area (Å²) in [4.78, 5) is 28.2. The predicted molar refractivity (Wildman–Crippen MR) is 134 cm³/mol. The van der Waals surface area contributed by atoms with Crippen LogP contribution in [0.2, 0.25) is 0 Å². The number of benzene rings is 2. The van der Waals surface area contributed by atoms with Crippen LogP contribution >= 0.6 is 0 Å². The minimum atomic E-state index is -3.82. The van der Waals surface area contributed by atoms with Gasteiger partial charge in [-0.25, -0.2) is 8.42 Å². The lowest BCUT2D eigenvalue weighted by atomic mass is 10.1. The zero-order chi connectivity index (χ0) is 25.3. The highest BCUT2D eigenvalue weighted by atomic mass is 32.2. The molecule has 2 aromatic carbocycles. The molecular weight excluding hydrogens is 454 g/mol. The number of hydrogen-bond donors (Lipinski definition) is 1. The molecule has 2 amide bonds. The van der Waals surface area contributed by atoms with Crippen LogP contribution in [0.5, 0.6) is 5.75 Å². The van der Waals surface area contributed by atoms with Crippen molar-refractivity contribution < 1.29 is 22.7 Å². The fourth-order valence-corrected chi connectivity index (χ4v) is 4.42. The summed E-state index contributed by atoms with van der Waals surface area (Å²) < 4.78 is 31.7. The van der Waals surface area contributed by atoms with Crippen LogP contribution in [-0.4, -0.2) is 57.1 Å². The number of ether oxygens (including phenoxy) is 1. The normalized spacial score (nSPS) is 13.0. The Bertz CT molecular complexity index is 1060. The maximum Gasteiger partial charge on any atom is 0.244 e. The van der Waals surface area contributed by atoms with Gasteiger partial charge < -0.3 is 15.0 Å². The summed E-state index contributed by atoms with van der Waals surface area (Å²) in [7, 11) is -2.38. The van der Waals surface area contributed by atoms with Gasteiger partial charge in [-0.2, -0.15) is 0 Å². The van der Waals surface area contributed by atoms with Crippen molar-refractivity contribution in [2.24, 2.45) is 0 Å². The van der Waals surface area contributed by atoms with E-state index in [1.807, 2.05) is 51.1 Å². The first-order valence-electron chi connectivity index (χ1n) is 11.4. The standard InChI is InChI=1S/C25H35N3O5S/c1-6-19(3)26-25(30)21(7-2)27(17-20-13-9-8-10-14-20)24(29)18-28(34(5,31)32)22-15-11-12-16-23(22)33-4/h8-16,19,21H,6-7,17-18H2,1-5H3,(H,26,30)/t19-,21+/m1/s1. The molecule has 2 atom stereocenters. The number of nitrogens with zero attached hydrogens (tertiary/aromatic N) is 2. The maximum atomic E-state index is 13.6. The first kappa shape index (κ1) is 27.2. The second-order valence-electron chi connectivity index (χ2n) is 8.19. The van der Waals surface area contributed by atoms with E-state index >= 15 is 0 Å². The zero-order valence-electron chi connectivity index (χ0n) is 20.5. The fourth-order valence-electron chi connectivity index (χ4n) is 3.57. The molecule has 1 N–H and O–H groups in total. The van der Waals surface area contributed by atoms with Crippen molar-refractivity contribution in [1.29, 1.82) is 0 Å². The van der Waals surface area contributed by atoms with Gasteiger partial charge in [0.05, 0.1) is 19.1 Å². The van der Waals surface area contributed by atoms with Crippen LogP contribution in [0, 0.1) is 0 Å². The van der Waals surface area contributed by atoms with Crippen molar-refractivity contribution in [3.8, 4) is 5.75 Å². The average molecular weight is 490 g/mol. The molecule has 0 aliphatic carbocycles. The van der Waals surface area contributed by atoms with Crippen LogP contribution in [0.15, 0.2) is 54.6 Å². The van der Waals surface area contributed by atoms with E-state index in [4.69, 9.17) is 4.74 Å². The van der Waals surface area contributed by atoms with E-state index in [2.05, 4.69) is 5.32 Å². The van der Waals surface area contributed by atoms with Crippen LogP contribution in [0.1, 0.15) is 39.2 Å². The SMILES string of the molecule is CC[C@@H](C)NC(=O)[C@H](CC)N(Cc1ccccc1)C(=O)CN(c1ccccc1OC)S(C)(=O)=O. The van der Waals surface area contributed by atoms with E-state index in [9.17, 15) is 18.0 Å². The van der Waals surface area contributed by atoms with Crippen molar-refractivity contribution in [2.75, 3.05) is 24.2 Å². The van der Waals surface area contributed by atoms with E-state index in [1.54, 1.807) is 24.3 Å². The molecule has 9 heteroatoms. The zero-order valence-corrected chi connectivity index (χ0v) is 21.3. The van der Waals surface area contributed by atoms with Crippen LogP contribution in [0.4, 0.5) is 5.69 Å². The Morgan fingerprint density at radius 1 is 1.00 bits per heavy atom. The van der Waals surface area contributed by atoms with Gasteiger partial charge in [-0.05, 0) is 37.5 Å². The second-order valence-corrected chi connectivity index (χ2v) is 10.1. The smallest absolute Gasteiger partial charge is 0.244 e. The Kier molecular flexibility index (Phi) is 9.92. The largest absolute Gasteiger partial charge is 0.495 e. The lowest BCUT2D eigenvalue weighted by Gasteiger charge is -2.33. The second kappa shape index (κ2) is 12.4. The van der Waals surface area contributed by atoms with Crippen LogP contribution in [-0.2, 0) is 26.2 Å². The summed E-state index contributed by atoms with van der Waals surface area (Å²) >= 11 is 0. The predicted octanol–water partition coefficient (Wildman–Crippen LogP) is 3.18. The molecule has 0 saturated heterocycles. The van der Waals surface area contributed by atoms with Gasteiger partial charge in [-0.1, -0.05) is 56.3 Å². The third-order valence-electron chi connectivity index (χ3n) is 5.62. The number of rotatable bonds is 12. The number of sulfonamides is 1. The maximum absolute atomic E-state index is 13.6. The quantitative estimate of drug-likeness (QED) is 0.494. The minimum Gasteiger partial charge on any atom is -0.495 e. The molecule has 186 valence electrons. The van der Waals surface area contributed by atoms with Gasteiger partial charge in [0.1, 0.15) is 18.3 Å². The molecule has 0 aliphatic heterocycles. The topological polar surface area (TPSA) is 96.0 Å². The number of carbonyl (C=O) groups is 2. The van der Waals surface area contributed by atoms with E-state index in [-0.39, 0.29) is 24.2 Å². The van der Waals surface area contributed by atoms with Gasteiger partial charge in [0.15, 0.2) is 0 Å². The first-order chi connectivity index (χ1) is 16.1. The van der Waals surface area contributed by atoms with Gasteiger partial charge in [-0.3, -0.25) is 13.9 Å². The Morgan fingerprint density at radius 3 is 2.18 bits per heavy atom. The van der Waals surface area contributed by atoms with Crippen LogP contribution < -0.4 is 14.4 Å². The number of methoxy groups -OCH3 is 1. The Hall–Kier alpha value is -3.07. The van der Waals surface area contributed by atoms with Gasteiger partial charge in [0.2, 0.25) is 21.8 Å². The van der Waals surface area contributed by atoms with E-state index < -0.39 is 28.5 Å². The summed E-state index contributed by atoms with van der Waals surface area (Å²) in [5, 5.41) is 2.95. The summed E-state index contributed by atoms with van der Waals surface area (Å²) in [6, 6.07) is 15.1. The van der Waals surface area contributed by atoms with Crippen molar-refractivity contribution in [2.45, 2.75) is 52.2 Å². The summed E-state index contributed by atoms with van der Waals surface area (Å²) in [6.07, 6.45) is 2.18. The molecule has 8 nitrogen and oxygen atoms in total. The molecule has 0 fully saturated rings. The molecule has 0 heterocycles. The van der Waals surface area contributed by atoms with E-state index in [1.165, 1.54) is 12.0 Å². The molecule has 0 saturated carbocycles. The van der Waals surface area contributed by atoms with Gasteiger partial charge in [-0.15, -0.1) is 0 Å². The molecule has 34 heavy (non-hydrogen) atoms. The molecule has 0 aliphatic rings. The monoisotopic (exact) mass is 489 g/mol. The number of para-hydroxylation sites is 2. The van der Waals surface area contributed by atoms with Crippen molar-refractivity contribution >= 4 is 27.5 Å². The van der Waals surface area contributed by atoms with Gasteiger partial charge in [0, 0.05) is 12.6 Å². The molecule has 0 radical (unpaired) electrons. The summed E-state index contributed by atoms with van der Waals surface area (Å²) in [6.45, 7) is 5.42. The highest BCUT2D eigenvalue weighted by Gasteiger charge is 2.32. The lowest BCUT2D eigenvalue weighted by molar-refractivity contribution is -0.140. The van der Waals surface area contributed by atoms with Crippen LogP contribution in [0.3, 0.4) is 0 Å². The van der Waals surface area contributed by atoms with Crippen LogP contribution in [0.25, 0.3) is 0 Å². The third-order valence-corrected chi connectivity index (χ3v) is 6.74. The van der Waals surface area contributed by atoms with Crippen molar-refractivity contribution in [3.05, 3.63) is 60.2 Å². The molecule has 0 aromatic heterocycles. The number of nitrogens with one attached hydrogen (secondary N) is 1. The highest BCUT2D eigenvalue weighted by molar-refractivity contribution is 7.92. The highest BCUT2D eigenvalue weighted by Crippen LogP contribution is 2.29. The molecule has 2 aromatic rings. The van der Waals surface area contributed by atoms with Gasteiger partial charge >= 0.3 is 0 Å². The van der Waals surface area contributed by atoms with E-state index in [0.29, 0.717) is 12.2 Å². The van der Waals surface area contributed by atoms with E-state index in [0.717, 1.165) is 22.5 Å². The Morgan fingerprint density at radius 2 is 1.62 bits per heavy atom. The number of anilines is 1. The molecule has 2 rings (SSSR count). The molecule has 0 unspecified atom stereocenters. The summed E-state index contributed by atoms with van der Waals surface area (Å²) in [5.41, 5.74) is 1.10. The lowest BCUT2D eigenvalue weighted by Crippen LogP contribution is -2.53. The fraction of sp³-hybridized carbons (Fsp3) is 0.440. The van der Waals surface area contributed by atoms with Crippen molar-refractivity contribution in [3.63, 3.8) is 0 Å². The molecule has 0 bridgehead atoms. The van der Waals surface area contributed by atoms with Crippen molar-refractivity contribution in [1.82, 2.24) is 10.2 Å². The number of hydrogen-bond acceptors (Lipinski definition) is 5. The first-order valence-corrected chi connectivity index (χ1v) is 13.2. The molecular formula is C25H35N3O5S. The third kappa shape index (κ3) is 7.21. The minimum absolute atomic E-state index is 0.0451. The number of carbonyl (C=O) groups excluding carboxylic acids is 2. The van der Waals surface area contributed by atoms with Gasteiger partial charge in [0.25, 0.3) is 0 Å². The number of amides is 2. The summed E-state index contributed by atoms with van der Waals surface area (Å²) in [5.74, 6) is -0.410.